The van der Waals surface area contributed by atoms with Crippen molar-refractivity contribution in [3.05, 3.63) is 64.7 Å². The van der Waals surface area contributed by atoms with Gasteiger partial charge < -0.3 is 9.26 Å². The quantitative estimate of drug-likeness (QED) is 0.515. The molecule has 1 saturated heterocycles. The lowest BCUT2D eigenvalue weighted by atomic mass is 10.1. The zero-order valence-corrected chi connectivity index (χ0v) is 16.4. The van der Waals surface area contributed by atoms with Crippen LogP contribution in [0.4, 0.5) is 0 Å². The Hall–Kier alpha value is -1.70. The summed E-state index contributed by atoms with van der Waals surface area (Å²) in [4.78, 5) is 13.3. The minimum absolute atomic E-state index is 0.101. The van der Waals surface area contributed by atoms with E-state index in [4.69, 9.17) is 9.26 Å². The van der Waals surface area contributed by atoms with Crippen molar-refractivity contribution >= 4 is 40.8 Å². The standard InChI is InChI=1S/C19H17NO3S3/c21-18(13-4-6-14(7-5-13)19-25-9-2-10-26-19)22-12-15-11-16(23-20-15)17-3-1-8-24-17/h1,3-8,11,19H,2,9-10,12H2. The second kappa shape index (κ2) is 8.33. The fourth-order valence-electron chi connectivity index (χ4n) is 2.59. The van der Waals surface area contributed by atoms with Gasteiger partial charge in [0, 0.05) is 6.07 Å². The fraction of sp³-hybridized carbons (Fsp3) is 0.263. The van der Waals surface area contributed by atoms with Crippen molar-refractivity contribution in [1.82, 2.24) is 5.16 Å². The van der Waals surface area contributed by atoms with Gasteiger partial charge in [0.1, 0.15) is 12.3 Å². The number of rotatable bonds is 5. The number of carbonyl (C=O) groups excluding carboxylic acids is 1. The number of ether oxygens (including phenoxy) is 1. The van der Waals surface area contributed by atoms with Crippen LogP contribution in [-0.2, 0) is 11.3 Å². The van der Waals surface area contributed by atoms with E-state index in [1.54, 1.807) is 17.4 Å². The van der Waals surface area contributed by atoms with Crippen LogP contribution in [0.3, 0.4) is 0 Å². The van der Waals surface area contributed by atoms with Crippen LogP contribution in [0, 0.1) is 0 Å². The Kier molecular flexibility index (Phi) is 5.67. The predicted molar refractivity (Wildman–Crippen MR) is 108 cm³/mol. The van der Waals surface area contributed by atoms with Gasteiger partial charge in [0.15, 0.2) is 5.76 Å². The molecule has 0 unspecified atom stereocenters. The second-order valence-electron chi connectivity index (χ2n) is 5.79. The van der Waals surface area contributed by atoms with E-state index in [1.807, 2.05) is 65.3 Å². The molecule has 0 atom stereocenters. The highest BCUT2D eigenvalue weighted by Crippen LogP contribution is 2.43. The molecule has 7 heteroatoms. The van der Waals surface area contributed by atoms with Crippen LogP contribution in [0.25, 0.3) is 10.6 Å². The number of carbonyl (C=O) groups is 1. The molecule has 4 nitrogen and oxygen atoms in total. The average Bonchev–Trinajstić information content (AvgIpc) is 3.38. The zero-order valence-electron chi connectivity index (χ0n) is 13.9. The first-order valence-electron chi connectivity index (χ1n) is 8.29. The van der Waals surface area contributed by atoms with Gasteiger partial charge in [-0.15, -0.1) is 34.9 Å². The number of thiophene rings is 1. The first-order chi connectivity index (χ1) is 12.8. The number of hydrogen-bond donors (Lipinski definition) is 0. The Morgan fingerprint density at radius 1 is 1.19 bits per heavy atom. The maximum absolute atomic E-state index is 12.3. The highest BCUT2D eigenvalue weighted by atomic mass is 32.2. The maximum Gasteiger partial charge on any atom is 0.338 e. The first-order valence-corrected chi connectivity index (χ1v) is 11.3. The molecule has 1 aliphatic rings. The van der Waals surface area contributed by atoms with E-state index >= 15 is 0 Å². The number of benzene rings is 1. The summed E-state index contributed by atoms with van der Waals surface area (Å²) in [6.07, 6.45) is 1.27. The van der Waals surface area contributed by atoms with Crippen LogP contribution < -0.4 is 0 Å². The lowest BCUT2D eigenvalue weighted by Gasteiger charge is -2.21. The van der Waals surface area contributed by atoms with Crippen molar-refractivity contribution in [2.24, 2.45) is 0 Å². The molecule has 2 aromatic heterocycles. The summed E-state index contributed by atoms with van der Waals surface area (Å²) in [5.74, 6) is 2.75. The van der Waals surface area contributed by atoms with Gasteiger partial charge in [-0.1, -0.05) is 23.4 Å². The van der Waals surface area contributed by atoms with Crippen molar-refractivity contribution in [3.8, 4) is 10.6 Å². The maximum atomic E-state index is 12.3. The van der Waals surface area contributed by atoms with Crippen molar-refractivity contribution in [2.45, 2.75) is 17.6 Å². The van der Waals surface area contributed by atoms with Crippen LogP contribution in [0.15, 0.2) is 52.4 Å². The summed E-state index contributed by atoms with van der Waals surface area (Å²) in [7, 11) is 0. The molecule has 0 amide bonds. The number of esters is 1. The Labute approximate surface area is 164 Å². The van der Waals surface area contributed by atoms with Crippen LogP contribution >= 0.6 is 34.9 Å². The summed E-state index contributed by atoms with van der Waals surface area (Å²) < 4.78 is 11.1. The minimum Gasteiger partial charge on any atom is -0.455 e. The Morgan fingerprint density at radius 2 is 2.00 bits per heavy atom. The van der Waals surface area contributed by atoms with Crippen LogP contribution in [-0.4, -0.2) is 22.6 Å². The first kappa shape index (κ1) is 17.7. The Bertz CT molecular complexity index is 853. The monoisotopic (exact) mass is 403 g/mol. The van der Waals surface area contributed by atoms with E-state index in [9.17, 15) is 4.79 Å². The third-order valence-corrected chi connectivity index (χ3v) is 7.82. The summed E-state index contributed by atoms with van der Waals surface area (Å²) in [5.41, 5.74) is 2.42. The average molecular weight is 404 g/mol. The third kappa shape index (κ3) is 4.16. The molecule has 0 saturated carbocycles. The zero-order chi connectivity index (χ0) is 17.8. The van der Waals surface area contributed by atoms with Crippen molar-refractivity contribution in [1.29, 1.82) is 0 Å². The topological polar surface area (TPSA) is 52.3 Å². The smallest absolute Gasteiger partial charge is 0.338 e. The summed E-state index contributed by atoms with van der Waals surface area (Å²) in [5, 5.41) is 5.94. The lowest BCUT2D eigenvalue weighted by molar-refractivity contribution is 0.0464. The molecule has 26 heavy (non-hydrogen) atoms. The van der Waals surface area contributed by atoms with Gasteiger partial charge in [-0.3, -0.25) is 0 Å². The van der Waals surface area contributed by atoms with E-state index in [0.29, 0.717) is 21.6 Å². The van der Waals surface area contributed by atoms with Crippen LogP contribution in [0.1, 0.15) is 32.6 Å². The highest BCUT2D eigenvalue weighted by molar-refractivity contribution is 8.16. The molecule has 134 valence electrons. The Balaban J connectivity index is 1.34. The molecular weight excluding hydrogens is 386 g/mol. The molecular formula is C19H17NO3S3. The van der Waals surface area contributed by atoms with Crippen molar-refractivity contribution in [3.63, 3.8) is 0 Å². The molecule has 4 rings (SSSR count). The normalized spacial score (nSPS) is 15.1. The summed E-state index contributed by atoms with van der Waals surface area (Å²) in [6.45, 7) is 0.101. The number of nitrogens with zero attached hydrogens (tertiary/aromatic N) is 1. The highest BCUT2D eigenvalue weighted by Gasteiger charge is 2.17. The molecule has 0 N–H and O–H groups in total. The molecule has 3 aromatic rings. The molecule has 3 heterocycles. The molecule has 0 spiro atoms. The predicted octanol–water partition coefficient (Wildman–Crippen LogP) is 5.63. The number of hydrogen-bond acceptors (Lipinski definition) is 7. The van der Waals surface area contributed by atoms with Gasteiger partial charge in [0.05, 0.1) is 15.0 Å². The largest absolute Gasteiger partial charge is 0.455 e. The van der Waals surface area contributed by atoms with Crippen molar-refractivity contribution < 1.29 is 14.1 Å². The van der Waals surface area contributed by atoms with Gasteiger partial charge in [-0.25, -0.2) is 4.79 Å². The number of aromatic nitrogens is 1. The molecule has 1 fully saturated rings. The van der Waals surface area contributed by atoms with Gasteiger partial charge in [-0.2, -0.15) is 0 Å². The number of thioether (sulfide) groups is 2. The van der Waals surface area contributed by atoms with E-state index in [0.717, 1.165) is 4.88 Å². The van der Waals surface area contributed by atoms with Crippen molar-refractivity contribution in [2.75, 3.05) is 11.5 Å². The SMILES string of the molecule is O=C(OCc1cc(-c2cccs2)on1)c1ccc(C2SCCCS2)cc1. The van der Waals surface area contributed by atoms with E-state index in [2.05, 4.69) is 5.16 Å². The van der Waals surface area contributed by atoms with E-state index in [1.165, 1.54) is 23.5 Å². The fourth-order valence-corrected chi connectivity index (χ4v) is 6.16. The van der Waals surface area contributed by atoms with Gasteiger partial charge in [0.25, 0.3) is 0 Å². The second-order valence-corrected chi connectivity index (χ2v) is 9.46. The lowest BCUT2D eigenvalue weighted by Crippen LogP contribution is -2.06. The van der Waals surface area contributed by atoms with Crippen LogP contribution in [0.2, 0.25) is 0 Å². The summed E-state index contributed by atoms with van der Waals surface area (Å²) in [6, 6.07) is 13.5. The van der Waals surface area contributed by atoms with E-state index < -0.39 is 0 Å². The van der Waals surface area contributed by atoms with E-state index in [-0.39, 0.29) is 12.6 Å². The molecule has 1 aromatic carbocycles. The summed E-state index contributed by atoms with van der Waals surface area (Å²) >= 11 is 5.51. The molecule has 0 bridgehead atoms. The van der Waals surface area contributed by atoms with Gasteiger partial charge in [-0.05, 0) is 47.1 Å². The molecule has 1 aliphatic heterocycles. The van der Waals surface area contributed by atoms with Gasteiger partial charge in [0.2, 0.25) is 0 Å². The van der Waals surface area contributed by atoms with Gasteiger partial charge >= 0.3 is 5.97 Å². The molecule has 0 aliphatic carbocycles. The molecule has 0 radical (unpaired) electrons. The minimum atomic E-state index is -0.346. The Morgan fingerprint density at radius 3 is 2.73 bits per heavy atom. The van der Waals surface area contributed by atoms with Crippen LogP contribution in [0.5, 0.6) is 0 Å². The third-order valence-electron chi connectivity index (χ3n) is 3.92.